The van der Waals surface area contributed by atoms with Crippen molar-refractivity contribution < 1.29 is 9.47 Å². The van der Waals surface area contributed by atoms with Gasteiger partial charge in [-0.15, -0.1) is 0 Å². The van der Waals surface area contributed by atoms with Crippen molar-refractivity contribution in [2.45, 2.75) is 44.9 Å². The van der Waals surface area contributed by atoms with Crippen LogP contribution in [0.1, 0.15) is 33.6 Å². The highest BCUT2D eigenvalue weighted by atomic mass is 16.5. The van der Waals surface area contributed by atoms with Crippen LogP contribution in [0, 0.1) is 5.92 Å². The molecule has 2 saturated heterocycles. The van der Waals surface area contributed by atoms with E-state index in [4.69, 9.17) is 9.47 Å². The van der Waals surface area contributed by atoms with Crippen molar-refractivity contribution in [2.24, 2.45) is 5.92 Å². The molecule has 2 heterocycles. The van der Waals surface area contributed by atoms with Gasteiger partial charge in [-0.3, -0.25) is 5.32 Å². The van der Waals surface area contributed by atoms with Crippen LogP contribution in [0.15, 0.2) is 0 Å². The SMILES string of the molecule is CC1(C)CNC(C)(CC2CCOC2)O1. The van der Waals surface area contributed by atoms with E-state index in [2.05, 4.69) is 26.1 Å². The molecule has 0 aromatic rings. The number of nitrogens with one attached hydrogen (secondary N) is 1. The Labute approximate surface area is 86.2 Å². The molecule has 0 spiro atoms. The Morgan fingerprint density at radius 2 is 2.14 bits per heavy atom. The van der Waals surface area contributed by atoms with Crippen molar-refractivity contribution in [3.05, 3.63) is 0 Å². The smallest absolute Gasteiger partial charge is 0.117 e. The van der Waals surface area contributed by atoms with Crippen LogP contribution in [0.5, 0.6) is 0 Å². The molecule has 2 aliphatic rings. The quantitative estimate of drug-likeness (QED) is 0.731. The largest absolute Gasteiger partial charge is 0.381 e. The molecule has 0 aromatic carbocycles. The summed E-state index contributed by atoms with van der Waals surface area (Å²) in [6, 6.07) is 0. The van der Waals surface area contributed by atoms with E-state index in [-0.39, 0.29) is 11.3 Å². The molecule has 2 fully saturated rings. The van der Waals surface area contributed by atoms with Gasteiger partial charge in [-0.2, -0.15) is 0 Å². The van der Waals surface area contributed by atoms with E-state index in [1.165, 1.54) is 6.42 Å². The summed E-state index contributed by atoms with van der Waals surface area (Å²) in [5.41, 5.74) is -0.157. The van der Waals surface area contributed by atoms with Crippen molar-refractivity contribution in [3.63, 3.8) is 0 Å². The average molecular weight is 199 g/mol. The highest BCUT2D eigenvalue weighted by molar-refractivity contribution is 4.91. The summed E-state index contributed by atoms with van der Waals surface area (Å²) in [5, 5.41) is 3.47. The predicted octanol–water partition coefficient (Wildman–Crippen LogP) is 1.53. The molecule has 1 N–H and O–H groups in total. The summed E-state index contributed by atoms with van der Waals surface area (Å²) in [5.74, 6) is 0.668. The molecule has 0 aliphatic carbocycles. The Balaban J connectivity index is 1.90. The van der Waals surface area contributed by atoms with Crippen molar-refractivity contribution in [1.82, 2.24) is 5.32 Å². The highest BCUT2D eigenvalue weighted by Gasteiger charge is 2.41. The van der Waals surface area contributed by atoms with E-state index in [0.717, 1.165) is 26.2 Å². The zero-order valence-corrected chi connectivity index (χ0v) is 9.43. The molecule has 3 nitrogen and oxygen atoms in total. The van der Waals surface area contributed by atoms with Gasteiger partial charge in [0.2, 0.25) is 0 Å². The van der Waals surface area contributed by atoms with Crippen LogP contribution in [0.3, 0.4) is 0 Å². The predicted molar refractivity (Wildman–Crippen MR) is 55.1 cm³/mol. The van der Waals surface area contributed by atoms with Gasteiger partial charge in [0.05, 0.1) is 5.60 Å². The van der Waals surface area contributed by atoms with Crippen LogP contribution in [0.4, 0.5) is 0 Å². The third-order valence-corrected chi connectivity index (χ3v) is 3.09. The molecule has 2 aliphatic heterocycles. The molecule has 0 radical (unpaired) electrons. The minimum atomic E-state index is -0.137. The van der Waals surface area contributed by atoms with Crippen LogP contribution in [0.25, 0.3) is 0 Å². The van der Waals surface area contributed by atoms with Crippen LogP contribution >= 0.6 is 0 Å². The van der Waals surface area contributed by atoms with E-state index < -0.39 is 0 Å². The zero-order valence-electron chi connectivity index (χ0n) is 9.43. The molecule has 2 atom stereocenters. The minimum absolute atomic E-state index is 0.0196. The minimum Gasteiger partial charge on any atom is -0.381 e. The number of hydrogen-bond acceptors (Lipinski definition) is 3. The first-order valence-electron chi connectivity index (χ1n) is 5.52. The standard InChI is InChI=1S/C11H21NO2/c1-10(2)8-12-11(3,14-10)6-9-4-5-13-7-9/h9,12H,4-8H2,1-3H3. The van der Waals surface area contributed by atoms with Crippen molar-refractivity contribution in [1.29, 1.82) is 0 Å². The normalized spacial score (nSPS) is 41.8. The lowest BCUT2D eigenvalue weighted by Gasteiger charge is -2.29. The number of ether oxygens (including phenoxy) is 2. The molecular weight excluding hydrogens is 178 g/mol. The number of rotatable bonds is 2. The van der Waals surface area contributed by atoms with Crippen LogP contribution in [-0.4, -0.2) is 31.1 Å². The van der Waals surface area contributed by atoms with E-state index in [1.807, 2.05) is 0 Å². The molecule has 14 heavy (non-hydrogen) atoms. The molecule has 82 valence electrons. The molecule has 0 bridgehead atoms. The Bertz CT molecular complexity index is 211. The van der Waals surface area contributed by atoms with Gasteiger partial charge in [0.25, 0.3) is 0 Å². The maximum absolute atomic E-state index is 6.03. The first-order chi connectivity index (χ1) is 6.49. The second-order valence-electron chi connectivity index (χ2n) is 5.38. The fourth-order valence-electron chi connectivity index (χ4n) is 2.49. The monoisotopic (exact) mass is 199 g/mol. The van der Waals surface area contributed by atoms with E-state index >= 15 is 0 Å². The average Bonchev–Trinajstić information content (AvgIpc) is 2.60. The second-order valence-corrected chi connectivity index (χ2v) is 5.38. The Hall–Kier alpha value is -0.120. The van der Waals surface area contributed by atoms with Crippen LogP contribution in [0.2, 0.25) is 0 Å². The third-order valence-electron chi connectivity index (χ3n) is 3.09. The van der Waals surface area contributed by atoms with Gasteiger partial charge in [-0.1, -0.05) is 0 Å². The maximum Gasteiger partial charge on any atom is 0.117 e. The van der Waals surface area contributed by atoms with E-state index in [9.17, 15) is 0 Å². The first kappa shape index (κ1) is 10.4. The maximum atomic E-state index is 6.03. The van der Waals surface area contributed by atoms with Gasteiger partial charge in [0.15, 0.2) is 0 Å². The lowest BCUT2D eigenvalue weighted by Crippen LogP contribution is -2.39. The van der Waals surface area contributed by atoms with Gasteiger partial charge in [-0.25, -0.2) is 0 Å². The summed E-state index contributed by atoms with van der Waals surface area (Å²) in [7, 11) is 0. The fourth-order valence-corrected chi connectivity index (χ4v) is 2.49. The van der Waals surface area contributed by atoms with Crippen molar-refractivity contribution in [3.8, 4) is 0 Å². The zero-order chi connectivity index (χ0) is 10.2. The molecule has 2 unspecified atom stereocenters. The topological polar surface area (TPSA) is 30.5 Å². The van der Waals surface area contributed by atoms with Crippen molar-refractivity contribution in [2.75, 3.05) is 19.8 Å². The van der Waals surface area contributed by atoms with Crippen LogP contribution < -0.4 is 5.32 Å². The van der Waals surface area contributed by atoms with Gasteiger partial charge in [0, 0.05) is 19.8 Å². The molecule has 0 amide bonds. The molecule has 0 saturated carbocycles. The summed E-state index contributed by atoms with van der Waals surface area (Å²) in [4.78, 5) is 0. The van der Waals surface area contributed by atoms with Crippen molar-refractivity contribution >= 4 is 0 Å². The highest BCUT2D eigenvalue weighted by Crippen LogP contribution is 2.32. The van der Waals surface area contributed by atoms with Gasteiger partial charge >= 0.3 is 0 Å². The lowest BCUT2D eigenvalue weighted by atomic mass is 9.98. The lowest BCUT2D eigenvalue weighted by molar-refractivity contribution is -0.0910. The van der Waals surface area contributed by atoms with Gasteiger partial charge in [-0.05, 0) is 39.5 Å². The van der Waals surface area contributed by atoms with Crippen LogP contribution in [-0.2, 0) is 9.47 Å². The molecule has 0 aromatic heterocycles. The third kappa shape index (κ3) is 2.27. The fraction of sp³-hybridized carbons (Fsp3) is 1.00. The number of hydrogen-bond donors (Lipinski definition) is 1. The summed E-state index contributed by atoms with van der Waals surface area (Å²) in [6.45, 7) is 9.19. The molecule has 2 rings (SSSR count). The Morgan fingerprint density at radius 1 is 1.36 bits per heavy atom. The second kappa shape index (κ2) is 3.47. The van der Waals surface area contributed by atoms with Gasteiger partial charge < -0.3 is 9.47 Å². The molecular formula is C11H21NO2. The first-order valence-corrected chi connectivity index (χ1v) is 5.52. The van der Waals surface area contributed by atoms with Gasteiger partial charge in [0.1, 0.15) is 5.72 Å². The Kier molecular flexibility index (Phi) is 2.58. The summed E-state index contributed by atoms with van der Waals surface area (Å²) in [6.07, 6.45) is 2.25. The Morgan fingerprint density at radius 3 is 2.64 bits per heavy atom. The van der Waals surface area contributed by atoms with E-state index in [1.54, 1.807) is 0 Å². The summed E-state index contributed by atoms with van der Waals surface area (Å²) >= 11 is 0. The molecule has 3 heteroatoms. The van der Waals surface area contributed by atoms with E-state index in [0.29, 0.717) is 5.92 Å². The summed E-state index contributed by atoms with van der Waals surface area (Å²) < 4.78 is 11.4.